The van der Waals surface area contributed by atoms with E-state index in [2.05, 4.69) is 5.73 Å². The summed E-state index contributed by atoms with van der Waals surface area (Å²) in [6.07, 6.45) is -8.60. The zero-order chi connectivity index (χ0) is 19.3. The van der Waals surface area contributed by atoms with Crippen molar-refractivity contribution in [2.45, 2.75) is 55.2 Å². The Labute approximate surface area is 131 Å². The minimum Gasteiger partial charge on any atom is -0.322 e. The van der Waals surface area contributed by atoms with Gasteiger partial charge >= 0.3 is 35.8 Å². The number of nitrogens with two attached hydrogens (primary N) is 1. The lowest BCUT2D eigenvalue weighted by Crippen LogP contribution is -2.72. The molecule has 24 heavy (non-hydrogen) atoms. The monoisotopic (exact) mass is 413 g/mol. The molecule has 0 spiro atoms. The third-order valence-electron chi connectivity index (χ3n) is 2.86. The standard InChI is InChI=1S/C9H8F13N.ClH/c1-2-3(23)4(10,11)5(12,13)6(14,15)7(16,17)8(18,19)9(20,21)22;/h3H,2,23H2,1H3;1H. The molecular weight excluding hydrogens is 405 g/mol. The van der Waals surface area contributed by atoms with Crippen molar-refractivity contribution in [1.29, 1.82) is 0 Å². The van der Waals surface area contributed by atoms with Crippen LogP contribution in [0.5, 0.6) is 0 Å². The fourth-order valence-electron chi connectivity index (χ4n) is 1.27. The Balaban J connectivity index is 0. The fraction of sp³-hybridized carbons (Fsp3) is 1.00. The summed E-state index contributed by atoms with van der Waals surface area (Å²) in [5.74, 6) is -36.8. The Bertz CT molecular complexity index is 430. The molecule has 0 aromatic rings. The van der Waals surface area contributed by atoms with Gasteiger partial charge in [-0.3, -0.25) is 0 Å². The topological polar surface area (TPSA) is 26.0 Å². The summed E-state index contributed by atoms with van der Waals surface area (Å²) in [5, 5.41) is 0. The third kappa shape index (κ3) is 3.22. The van der Waals surface area contributed by atoms with Crippen LogP contribution < -0.4 is 5.73 Å². The average Bonchev–Trinajstić information content (AvgIpc) is 2.35. The lowest BCUT2D eigenvalue weighted by molar-refractivity contribution is -0.441. The molecule has 0 rings (SSSR count). The van der Waals surface area contributed by atoms with Gasteiger partial charge in [-0.15, -0.1) is 12.4 Å². The minimum absolute atomic E-state index is 0. The molecule has 1 nitrogen and oxygen atoms in total. The molecule has 0 saturated carbocycles. The highest BCUT2D eigenvalue weighted by Gasteiger charge is 2.91. The lowest BCUT2D eigenvalue weighted by Gasteiger charge is -2.41. The Morgan fingerprint density at radius 3 is 1.17 bits per heavy atom. The van der Waals surface area contributed by atoms with E-state index in [1.807, 2.05) is 0 Å². The first-order chi connectivity index (χ1) is 9.73. The molecule has 0 aromatic carbocycles. The molecular formula is C9H9ClF13N. The molecule has 0 heterocycles. The van der Waals surface area contributed by atoms with Gasteiger partial charge < -0.3 is 5.73 Å². The van der Waals surface area contributed by atoms with E-state index in [0.29, 0.717) is 6.92 Å². The van der Waals surface area contributed by atoms with Gasteiger partial charge in [-0.2, -0.15) is 57.1 Å². The summed E-state index contributed by atoms with van der Waals surface area (Å²) in [4.78, 5) is 0. The molecule has 0 fully saturated rings. The first kappa shape index (κ1) is 25.6. The summed E-state index contributed by atoms with van der Waals surface area (Å²) in [6, 6.07) is -3.21. The molecule has 0 aromatic heterocycles. The van der Waals surface area contributed by atoms with Gasteiger partial charge in [-0.05, 0) is 6.42 Å². The second-order valence-corrected chi connectivity index (χ2v) is 4.43. The molecule has 0 bridgehead atoms. The second-order valence-electron chi connectivity index (χ2n) is 4.43. The number of rotatable bonds is 6. The Kier molecular flexibility index (Phi) is 7.01. The molecule has 148 valence electrons. The van der Waals surface area contributed by atoms with E-state index < -0.39 is 48.3 Å². The van der Waals surface area contributed by atoms with Crippen LogP contribution in [0.15, 0.2) is 0 Å². The fourth-order valence-corrected chi connectivity index (χ4v) is 1.27. The SMILES string of the molecule is CCC(N)C(F)(F)C(F)(F)C(F)(F)C(F)(F)C(F)(F)C(F)(F)F.Cl. The minimum atomic E-state index is -7.88. The van der Waals surface area contributed by atoms with Gasteiger partial charge in [-0.1, -0.05) is 6.92 Å². The maximum atomic E-state index is 13.1. The average molecular weight is 414 g/mol. The van der Waals surface area contributed by atoms with Crippen LogP contribution in [-0.2, 0) is 0 Å². The van der Waals surface area contributed by atoms with Gasteiger partial charge in [0.05, 0.1) is 6.04 Å². The quantitative estimate of drug-likeness (QED) is 0.617. The van der Waals surface area contributed by atoms with Crippen molar-refractivity contribution in [2.75, 3.05) is 0 Å². The van der Waals surface area contributed by atoms with Crippen molar-refractivity contribution in [1.82, 2.24) is 0 Å². The maximum absolute atomic E-state index is 13.1. The largest absolute Gasteiger partial charge is 0.460 e. The normalized spacial score (nSPS) is 16.6. The van der Waals surface area contributed by atoms with E-state index in [0.717, 1.165) is 0 Å². The van der Waals surface area contributed by atoms with E-state index >= 15 is 0 Å². The summed E-state index contributed by atoms with van der Waals surface area (Å²) >= 11 is 0. The van der Waals surface area contributed by atoms with Crippen molar-refractivity contribution in [3.63, 3.8) is 0 Å². The van der Waals surface area contributed by atoms with Crippen LogP contribution in [0.25, 0.3) is 0 Å². The highest BCUT2D eigenvalue weighted by Crippen LogP contribution is 2.60. The van der Waals surface area contributed by atoms with Crippen LogP contribution in [0.2, 0.25) is 0 Å². The van der Waals surface area contributed by atoms with E-state index in [1.54, 1.807) is 0 Å². The van der Waals surface area contributed by atoms with Gasteiger partial charge in [0, 0.05) is 0 Å². The van der Waals surface area contributed by atoms with E-state index in [-0.39, 0.29) is 12.4 Å². The summed E-state index contributed by atoms with van der Waals surface area (Å²) in [5.41, 5.74) is 4.35. The molecule has 0 saturated heterocycles. The van der Waals surface area contributed by atoms with Gasteiger partial charge in [0.1, 0.15) is 0 Å². The van der Waals surface area contributed by atoms with Crippen LogP contribution >= 0.6 is 12.4 Å². The number of hydrogen-bond acceptors (Lipinski definition) is 1. The predicted octanol–water partition coefficient (Wildman–Crippen LogP) is 4.88. The van der Waals surface area contributed by atoms with Crippen LogP contribution in [0, 0.1) is 0 Å². The van der Waals surface area contributed by atoms with Crippen LogP contribution in [0.1, 0.15) is 13.3 Å². The van der Waals surface area contributed by atoms with Crippen molar-refractivity contribution in [3.05, 3.63) is 0 Å². The second kappa shape index (κ2) is 6.57. The van der Waals surface area contributed by atoms with Gasteiger partial charge in [-0.25, -0.2) is 0 Å². The van der Waals surface area contributed by atoms with Crippen molar-refractivity contribution in [2.24, 2.45) is 5.73 Å². The summed E-state index contributed by atoms with van der Waals surface area (Å²) in [6.45, 7) is 0.634. The zero-order valence-corrected chi connectivity index (χ0v) is 12.0. The smallest absolute Gasteiger partial charge is 0.322 e. The highest BCUT2D eigenvalue weighted by atomic mass is 35.5. The van der Waals surface area contributed by atoms with Crippen LogP contribution in [-0.4, -0.2) is 41.8 Å². The van der Waals surface area contributed by atoms with E-state index in [4.69, 9.17) is 0 Å². The Hall–Kier alpha value is -0.660. The number of alkyl halides is 13. The first-order valence-corrected chi connectivity index (χ1v) is 5.44. The lowest BCUT2D eigenvalue weighted by atomic mass is 9.90. The van der Waals surface area contributed by atoms with Gasteiger partial charge in [0.15, 0.2) is 0 Å². The first-order valence-electron chi connectivity index (χ1n) is 5.44. The molecule has 0 radical (unpaired) electrons. The van der Waals surface area contributed by atoms with Gasteiger partial charge in [0.2, 0.25) is 0 Å². The zero-order valence-electron chi connectivity index (χ0n) is 11.2. The number of hydrogen-bond donors (Lipinski definition) is 1. The molecule has 0 aliphatic heterocycles. The molecule has 0 amide bonds. The number of halogens is 14. The summed E-state index contributed by atoms with van der Waals surface area (Å²) < 4.78 is 164. The van der Waals surface area contributed by atoms with Crippen molar-refractivity contribution < 1.29 is 57.1 Å². The summed E-state index contributed by atoms with van der Waals surface area (Å²) in [7, 11) is 0. The maximum Gasteiger partial charge on any atom is 0.460 e. The molecule has 0 aliphatic rings. The third-order valence-corrected chi connectivity index (χ3v) is 2.86. The van der Waals surface area contributed by atoms with Crippen molar-refractivity contribution >= 4 is 12.4 Å². The molecule has 1 unspecified atom stereocenters. The van der Waals surface area contributed by atoms with E-state index in [1.165, 1.54) is 0 Å². The molecule has 0 aliphatic carbocycles. The highest BCUT2D eigenvalue weighted by molar-refractivity contribution is 5.85. The molecule has 15 heteroatoms. The van der Waals surface area contributed by atoms with Crippen LogP contribution in [0.3, 0.4) is 0 Å². The van der Waals surface area contributed by atoms with Crippen LogP contribution in [0.4, 0.5) is 57.1 Å². The molecule has 1 atom stereocenters. The van der Waals surface area contributed by atoms with Gasteiger partial charge in [0.25, 0.3) is 0 Å². The Morgan fingerprint density at radius 1 is 0.625 bits per heavy atom. The molecule has 2 N–H and O–H groups in total. The Morgan fingerprint density at radius 2 is 0.917 bits per heavy atom. The van der Waals surface area contributed by atoms with E-state index in [9.17, 15) is 57.1 Å². The predicted molar refractivity (Wildman–Crippen MR) is 56.3 cm³/mol. The van der Waals surface area contributed by atoms with Crippen molar-refractivity contribution in [3.8, 4) is 0 Å².